The molecule has 0 unspecified atom stereocenters. The van der Waals surface area contributed by atoms with E-state index >= 15 is 0 Å². The van der Waals surface area contributed by atoms with Gasteiger partial charge in [-0.25, -0.2) is 0 Å². The second kappa shape index (κ2) is 29.0. The van der Waals surface area contributed by atoms with Gasteiger partial charge in [-0.05, 0) is 77.7 Å². The Labute approximate surface area is 239 Å². The van der Waals surface area contributed by atoms with Crippen LogP contribution in [0.2, 0.25) is 0 Å². The van der Waals surface area contributed by atoms with Crippen LogP contribution in [0, 0.1) is 72.1 Å². The van der Waals surface area contributed by atoms with Crippen molar-refractivity contribution in [2.75, 3.05) is 33.0 Å². The van der Waals surface area contributed by atoms with Crippen molar-refractivity contribution in [2.45, 2.75) is 63.3 Å². The van der Waals surface area contributed by atoms with Gasteiger partial charge in [0.2, 0.25) is 0 Å². The predicted molar refractivity (Wildman–Crippen MR) is 165 cm³/mol. The molecule has 4 atom stereocenters. The molecule has 38 heavy (non-hydrogen) atoms. The molecule has 0 amide bonds. The smallest absolute Gasteiger partial charge is 0.0838 e. The van der Waals surface area contributed by atoms with Crippen LogP contribution in [0.4, 0.5) is 0 Å². The lowest BCUT2D eigenvalue weighted by atomic mass is 10.2. The Kier molecular flexibility index (Phi) is 27.4. The Morgan fingerprint density at radius 1 is 0.789 bits per heavy atom. The number of aliphatic hydroxyl groups excluding tert-OH is 3. The fraction of sp³-hybridized carbons (Fsp3) is 0.556. The van der Waals surface area contributed by atoms with Gasteiger partial charge >= 0.3 is 0 Å². The van der Waals surface area contributed by atoms with Gasteiger partial charge in [0, 0.05) is 50.1 Å². The maximum absolute atomic E-state index is 9.58. The monoisotopic (exact) mass is 540 g/mol. The molecule has 0 bridgehead atoms. The van der Waals surface area contributed by atoms with E-state index in [0.717, 1.165) is 6.42 Å². The second-order valence-corrected chi connectivity index (χ2v) is 7.14. The zero-order chi connectivity index (χ0) is 28.7. The lowest BCUT2D eigenvalue weighted by molar-refractivity contribution is 0.0675. The fourth-order valence-electron chi connectivity index (χ4n) is 2.14. The molecule has 11 nitrogen and oxygen atoms in total. The molecule has 0 saturated heterocycles. The highest BCUT2D eigenvalue weighted by atomic mass is 16.5. The number of ether oxygens (including phenoxy) is 2. The summed E-state index contributed by atoms with van der Waals surface area (Å²) in [4.78, 5) is 5.31. The average Bonchev–Trinajstić information content (AvgIpc) is 2.92. The van der Waals surface area contributed by atoms with E-state index in [4.69, 9.17) is 38.5 Å². The summed E-state index contributed by atoms with van der Waals surface area (Å²) in [6, 6.07) is -0.748. The molecule has 0 aromatic rings. The van der Waals surface area contributed by atoms with Crippen LogP contribution in [0.25, 0.3) is 20.9 Å². The standard InChI is InChI=1S/C14H17N3O2.C13H15N3O3.10H2/c1-3-5-6-7-8-9-14(18)10-11-19-12-13(4-2)16-17-15;1-2-3-4-5-6-7-13(18)8-9-19-11-12(10-17)15-16-14;;;;;;;;;;/h1,13-14,18H,4,9-12H2,2H3;1,12-13,17-18H,7-11H2;10*1H/t13-,14+;12-,13+;;;;;;;;;;/m00........../s1. The highest BCUT2D eigenvalue weighted by Gasteiger charge is 2.07. The van der Waals surface area contributed by atoms with Crippen molar-refractivity contribution in [3.63, 3.8) is 0 Å². The van der Waals surface area contributed by atoms with Crippen molar-refractivity contribution in [1.82, 2.24) is 0 Å². The molecule has 0 saturated carbocycles. The minimum absolute atomic E-state index is 0. The van der Waals surface area contributed by atoms with E-state index in [0.29, 0.717) is 32.5 Å². The number of aliphatic hydroxyl groups is 3. The zero-order valence-corrected chi connectivity index (χ0v) is 21.4. The maximum Gasteiger partial charge on any atom is 0.0838 e. The number of hydrogen-bond donors (Lipinski definition) is 3. The fourth-order valence-corrected chi connectivity index (χ4v) is 2.14. The first kappa shape index (κ1) is 35.9. The summed E-state index contributed by atoms with van der Waals surface area (Å²) < 4.78 is 10.5. The molecule has 220 valence electrons. The summed E-state index contributed by atoms with van der Waals surface area (Å²) in [5.74, 6) is 24.3. The number of azide groups is 2. The van der Waals surface area contributed by atoms with Crippen molar-refractivity contribution < 1.29 is 39.1 Å². The van der Waals surface area contributed by atoms with Crippen LogP contribution in [0.3, 0.4) is 0 Å². The van der Waals surface area contributed by atoms with Crippen LogP contribution in [-0.4, -0.2) is 72.6 Å². The van der Waals surface area contributed by atoms with Crippen molar-refractivity contribution in [3.05, 3.63) is 20.9 Å². The predicted octanol–water partition coefficient (Wildman–Crippen LogP) is 4.79. The zero-order valence-electron chi connectivity index (χ0n) is 21.4. The van der Waals surface area contributed by atoms with Gasteiger partial charge in [0.1, 0.15) is 0 Å². The highest BCUT2D eigenvalue weighted by Crippen LogP contribution is 2.02. The van der Waals surface area contributed by atoms with Crippen LogP contribution in [0.5, 0.6) is 0 Å². The summed E-state index contributed by atoms with van der Waals surface area (Å²) in [6.07, 6.45) is 10.9. The van der Waals surface area contributed by atoms with Crippen LogP contribution < -0.4 is 0 Å². The van der Waals surface area contributed by atoms with E-state index in [-0.39, 0.29) is 46.5 Å². The van der Waals surface area contributed by atoms with Crippen molar-refractivity contribution in [3.8, 4) is 72.1 Å². The number of rotatable bonds is 16. The first-order valence-electron chi connectivity index (χ1n) is 11.6. The highest BCUT2D eigenvalue weighted by molar-refractivity contribution is 5.34. The first-order chi connectivity index (χ1) is 18.5. The summed E-state index contributed by atoms with van der Waals surface area (Å²) >= 11 is 0. The maximum atomic E-state index is 9.58. The van der Waals surface area contributed by atoms with E-state index < -0.39 is 18.2 Å². The summed E-state index contributed by atoms with van der Waals surface area (Å²) in [6.45, 7) is 2.82. The van der Waals surface area contributed by atoms with Gasteiger partial charge in [0.05, 0.1) is 44.1 Å². The van der Waals surface area contributed by atoms with E-state index in [1.807, 2.05) is 6.92 Å². The summed E-state index contributed by atoms with van der Waals surface area (Å²) in [5, 5.41) is 34.8. The van der Waals surface area contributed by atoms with Crippen LogP contribution in [-0.2, 0) is 9.47 Å². The van der Waals surface area contributed by atoms with Gasteiger partial charge in [-0.3, -0.25) is 0 Å². The molecule has 0 aliphatic carbocycles. The quantitative estimate of drug-likeness (QED) is 0.0836. The Balaban J connectivity index is -0.0000000447. The van der Waals surface area contributed by atoms with Gasteiger partial charge in [0.25, 0.3) is 0 Å². The average molecular weight is 541 g/mol. The largest absolute Gasteiger partial charge is 0.396 e. The lowest BCUT2D eigenvalue weighted by Crippen LogP contribution is -2.19. The van der Waals surface area contributed by atoms with Crippen LogP contribution in [0.15, 0.2) is 10.2 Å². The van der Waals surface area contributed by atoms with Gasteiger partial charge in [-0.1, -0.05) is 29.0 Å². The Morgan fingerprint density at radius 3 is 1.63 bits per heavy atom. The first-order valence-corrected chi connectivity index (χ1v) is 11.6. The van der Waals surface area contributed by atoms with Gasteiger partial charge in [-0.15, -0.1) is 12.8 Å². The third-order valence-electron chi connectivity index (χ3n) is 4.17. The normalized spacial score (nSPS) is 11.6. The van der Waals surface area contributed by atoms with E-state index in [1.54, 1.807) is 0 Å². The third kappa shape index (κ3) is 26.4. The molecule has 0 aromatic heterocycles. The number of terminal acetylenes is 2. The molecular weight excluding hydrogens is 488 g/mol. The van der Waals surface area contributed by atoms with Gasteiger partial charge in [0.15, 0.2) is 0 Å². The summed E-state index contributed by atoms with van der Waals surface area (Å²) in [5.41, 5.74) is 16.5. The van der Waals surface area contributed by atoms with Crippen LogP contribution in [0.1, 0.15) is 53.3 Å². The third-order valence-corrected chi connectivity index (χ3v) is 4.17. The van der Waals surface area contributed by atoms with Gasteiger partial charge < -0.3 is 24.8 Å². The van der Waals surface area contributed by atoms with E-state index in [2.05, 4.69) is 79.3 Å². The number of nitrogens with zero attached hydrogens (tertiary/aromatic N) is 6. The SMILES string of the molecule is C#CC#CC#CC[C@@H](O)CCOC[C@H](CC)N=[N+]=[N-].C#CC#CC#CC[C@@H](O)CCOC[C@H](CO)N=[N+]=[N-].[HH].[HH].[HH].[HH].[HH].[HH].[HH].[HH].[HH].[HH]. The second-order valence-electron chi connectivity index (χ2n) is 7.14. The molecule has 0 heterocycles. The lowest BCUT2D eigenvalue weighted by Gasteiger charge is -2.10. The minimum Gasteiger partial charge on any atom is -0.396 e. The molecule has 0 aliphatic heterocycles. The molecule has 0 spiro atoms. The summed E-state index contributed by atoms with van der Waals surface area (Å²) in [7, 11) is 0. The van der Waals surface area contributed by atoms with E-state index in [9.17, 15) is 10.2 Å². The number of hydrogen-bond acceptors (Lipinski definition) is 7. The molecule has 0 rings (SSSR count). The molecule has 0 radical (unpaired) electrons. The molecule has 0 aromatic carbocycles. The van der Waals surface area contributed by atoms with Crippen LogP contribution >= 0.6 is 0 Å². The minimum atomic E-state index is -0.618. The Bertz CT molecular complexity index is 1030. The molecule has 0 aliphatic rings. The van der Waals surface area contributed by atoms with E-state index in [1.165, 1.54) is 0 Å². The Morgan fingerprint density at radius 2 is 1.24 bits per heavy atom. The topological polar surface area (TPSA) is 177 Å². The molecular formula is C27H52N6O5. The van der Waals surface area contributed by atoms with Crippen molar-refractivity contribution in [2.24, 2.45) is 10.2 Å². The molecule has 3 N–H and O–H groups in total. The molecule has 11 heteroatoms. The van der Waals surface area contributed by atoms with Crippen molar-refractivity contribution in [1.29, 1.82) is 0 Å². The van der Waals surface area contributed by atoms with Crippen molar-refractivity contribution >= 4 is 0 Å². The Hall–Kier alpha value is -4.22. The van der Waals surface area contributed by atoms with Gasteiger partial charge in [-0.2, -0.15) is 0 Å². The molecule has 0 fully saturated rings.